The highest BCUT2D eigenvalue weighted by atomic mass is 32.2. The smallest absolute Gasteiger partial charge is 0.259 e. The van der Waals surface area contributed by atoms with Crippen molar-refractivity contribution in [2.75, 3.05) is 4.72 Å². The van der Waals surface area contributed by atoms with E-state index in [4.69, 9.17) is 0 Å². The van der Waals surface area contributed by atoms with Crippen molar-refractivity contribution >= 4 is 15.8 Å². The Balaban J connectivity index is 2.39. The Morgan fingerprint density at radius 1 is 1.29 bits per heavy atom. The largest absolute Gasteiger partial charge is 0.266 e. The summed E-state index contributed by atoms with van der Waals surface area (Å²) in [5.74, 6) is -0.901. The minimum Gasteiger partial charge on any atom is -0.259 e. The predicted octanol–water partition coefficient (Wildman–Crippen LogP) is 1.32. The van der Waals surface area contributed by atoms with Gasteiger partial charge < -0.3 is 0 Å². The summed E-state index contributed by atoms with van der Waals surface area (Å²) < 4.78 is 43.4. The highest BCUT2D eigenvalue weighted by Crippen LogP contribution is 2.18. The Kier molecular flexibility index (Phi) is 2.80. The standard InChI is InChI=1S/C9H8FN3O3S/c1-6-9(12-16-11-6)13-17(14,15)8-5-3-2-4-7(8)10/h2-5H,1H3,(H,12,13). The summed E-state index contributed by atoms with van der Waals surface area (Å²) in [6.45, 7) is 1.51. The van der Waals surface area contributed by atoms with Crippen LogP contribution < -0.4 is 4.72 Å². The number of nitrogens with one attached hydrogen (secondary N) is 1. The van der Waals surface area contributed by atoms with Gasteiger partial charge in [0.05, 0.1) is 0 Å². The molecule has 0 atom stereocenters. The second-order valence-electron chi connectivity index (χ2n) is 3.23. The van der Waals surface area contributed by atoms with Crippen molar-refractivity contribution in [3.63, 3.8) is 0 Å². The van der Waals surface area contributed by atoms with Crippen LogP contribution in [-0.4, -0.2) is 18.7 Å². The molecule has 0 amide bonds. The summed E-state index contributed by atoms with van der Waals surface area (Å²) in [5.41, 5.74) is 0.268. The number of nitrogens with zero attached hydrogens (tertiary/aromatic N) is 2. The summed E-state index contributed by atoms with van der Waals surface area (Å²) in [6.07, 6.45) is 0. The molecule has 1 heterocycles. The van der Waals surface area contributed by atoms with E-state index in [9.17, 15) is 12.8 Å². The van der Waals surface area contributed by atoms with Gasteiger partial charge in [-0.15, -0.1) is 0 Å². The van der Waals surface area contributed by atoms with Gasteiger partial charge in [-0.05, 0) is 24.2 Å². The third-order valence-corrected chi connectivity index (χ3v) is 3.38. The first kappa shape index (κ1) is 11.5. The maximum Gasteiger partial charge on any atom is 0.266 e. The van der Waals surface area contributed by atoms with E-state index in [1.54, 1.807) is 0 Å². The van der Waals surface area contributed by atoms with Crippen LogP contribution in [0.4, 0.5) is 10.2 Å². The van der Waals surface area contributed by atoms with Gasteiger partial charge in [0.25, 0.3) is 10.0 Å². The number of anilines is 1. The Labute approximate surface area is 96.5 Å². The quantitative estimate of drug-likeness (QED) is 0.896. The normalized spacial score (nSPS) is 11.4. The van der Waals surface area contributed by atoms with Gasteiger partial charge in [-0.2, -0.15) is 0 Å². The zero-order valence-corrected chi connectivity index (χ0v) is 9.53. The lowest BCUT2D eigenvalue weighted by atomic mass is 10.4. The molecule has 0 saturated carbocycles. The molecular weight excluding hydrogens is 249 g/mol. The molecule has 0 unspecified atom stereocenters. The lowest BCUT2D eigenvalue weighted by molar-refractivity contribution is 0.306. The third-order valence-electron chi connectivity index (χ3n) is 2.01. The molecule has 6 nitrogen and oxygen atoms in total. The van der Waals surface area contributed by atoms with E-state index < -0.39 is 20.7 Å². The fraction of sp³-hybridized carbons (Fsp3) is 0.111. The number of hydrogen-bond acceptors (Lipinski definition) is 5. The number of rotatable bonds is 3. The Morgan fingerprint density at radius 3 is 2.59 bits per heavy atom. The number of aryl methyl sites for hydroxylation is 1. The van der Waals surface area contributed by atoms with E-state index in [0.29, 0.717) is 0 Å². The van der Waals surface area contributed by atoms with Gasteiger partial charge in [-0.3, -0.25) is 4.72 Å². The number of aromatic nitrogens is 2. The fourth-order valence-electron chi connectivity index (χ4n) is 1.17. The topological polar surface area (TPSA) is 85.1 Å². The first-order valence-electron chi connectivity index (χ1n) is 4.57. The number of hydrogen-bond donors (Lipinski definition) is 1. The van der Waals surface area contributed by atoms with Crippen LogP contribution in [0.3, 0.4) is 0 Å². The van der Waals surface area contributed by atoms with Crippen molar-refractivity contribution in [1.82, 2.24) is 10.3 Å². The third kappa shape index (κ3) is 2.26. The maximum absolute atomic E-state index is 13.3. The van der Waals surface area contributed by atoms with Crippen LogP contribution >= 0.6 is 0 Å². The first-order valence-corrected chi connectivity index (χ1v) is 6.05. The molecule has 1 N–H and O–H groups in total. The molecule has 0 fully saturated rings. The van der Waals surface area contributed by atoms with Gasteiger partial charge >= 0.3 is 0 Å². The van der Waals surface area contributed by atoms with E-state index >= 15 is 0 Å². The molecule has 0 spiro atoms. The zero-order valence-electron chi connectivity index (χ0n) is 8.71. The van der Waals surface area contributed by atoms with Crippen LogP contribution in [0.5, 0.6) is 0 Å². The van der Waals surface area contributed by atoms with Crippen molar-refractivity contribution in [3.8, 4) is 0 Å². The van der Waals surface area contributed by atoms with Crippen molar-refractivity contribution in [2.24, 2.45) is 0 Å². The monoisotopic (exact) mass is 257 g/mol. The van der Waals surface area contributed by atoms with Crippen LogP contribution in [0.15, 0.2) is 33.8 Å². The Morgan fingerprint density at radius 2 is 2.00 bits per heavy atom. The summed E-state index contributed by atoms with van der Waals surface area (Å²) in [4.78, 5) is -0.456. The molecular formula is C9H8FN3O3S. The molecule has 2 aromatic rings. The molecule has 0 aliphatic rings. The molecule has 0 saturated heterocycles. The first-order chi connectivity index (χ1) is 8.00. The molecule has 90 valence electrons. The fourth-order valence-corrected chi connectivity index (χ4v) is 2.30. The minimum atomic E-state index is -4.02. The van der Waals surface area contributed by atoms with Crippen molar-refractivity contribution in [3.05, 3.63) is 35.8 Å². The summed E-state index contributed by atoms with van der Waals surface area (Å²) in [7, 11) is -4.02. The lowest BCUT2D eigenvalue weighted by Crippen LogP contribution is -2.15. The minimum absolute atomic E-state index is 0.0618. The van der Waals surface area contributed by atoms with Crippen LogP contribution in [0, 0.1) is 12.7 Å². The summed E-state index contributed by atoms with van der Waals surface area (Å²) in [6, 6.07) is 5.03. The average molecular weight is 257 g/mol. The number of halogens is 1. The van der Waals surface area contributed by atoms with E-state index in [1.165, 1.54) is 19.1 Å². The number of benzene rings is 1. The van der Waals surface area contributed by atoms with Gasteiger partial charge in [-0.1, -0.05) is 17.3 Å². The SMILES string of the molecule is Cc1nonc1NS(=O)(=O)c1ccccc1F. The molecule has 0 aliphatic heterocycles. The lowest BCUT2D eigenvalue weighted by Gasteiger charge is -2.05. The van der Waals surface area contributed by atoms with Crippen molar-refractivity contribution < 1.29 is 17.4 Å². The molecule has 0 bridgehead atoms. The molecule has 8 heteroatoms. The van der Waals surface area contributed by atoms with Gasteiger partial charge in [-0.25, -0.2) is 17.4 Å². The molecule has 17 heavy (non-hydrogen) atoms. The summed E-state index contributed by atoms with van der Waals surface area (Å²) >= 11 is 0. The van der Waals surface area contributed by atoms with Gasteiger partial charge in [0.1, 0.15) is 16.4 Å². The molecule has 2 rings (SSSR count). The molecule has 1 aromatic carbocycles. The van der Waals surface area contributed by atoms with Gasteiger partial charge in [0.2, 0.25) is 5.82 Å². The van der Waals surface area contributed by atoms with E-state index in [0.717, 1.165) is 12.1 Å². The molecule has 0 radical (unpaired) electrons. The van der Waals surface area contributed by atoms with E-state index in [2.05, 4.69) is 19.7 Å². The van der Waals surface area contributed by atoms with Gasteiger partial charge in [0, 0.05) is 0 Å². The van der Waals surface area contributed by atoms with Gasteiger partial charge in [0.15, 0.2) is 0 Å². The highest BCUT2D eigenvalue weighted by Gasteiger charge is 2.21. The van der Waals surface area contributed by atoms with Crippen molar-refractivity contribution in [2.45, 2.75) is 11.8 Å². The average Bonchev–Trinajstić information content (AvgIpc) is 2.64. The Hall–Kier alpha value is -1.96. The Bertz CT molecular complexity index is 638. The molecule has 0 aliphatic carbocycles. The van der Waals surface area contributed by atoms with Crippen LogP contribution in [0.25, 0.3) is 0 Å². The second-order valence-corrected chi connectivity index (χ2v) is 4.88. The summed E-state index contributed by atoms with van der Waals surface area (Å²) in [5, 5.41) is 6.77. The van der Waals surface area contributed by atoms with Crippen molar-refractivity contribution in [1.29, 1.82) is 0 Å². The maximum atomic E-state index is 13.3. The molecule has 1 aromatic heterocycles. The van der Waals surface area contributed by atoms with E-state index in [-0.39, 0.29) is 11.5 Å². The van der Waals surface area contributed by atoms with Crippen LogP contribution in [0.1, 0.15) is 5.69 Å². The van der Waals surface area contributed by atoms with Crippen LogP contribution in [0.2, 0.25) is 0 Å². The second kappa shape index (κ2) is 4.13. The van der Waals surface area contributed by atoms with E-state index in [1.807, 2.05) is 0 Å². The predicted molar refractivity (Wildman–Crippen MR) is 56.2 cm³/mol. The zero-order chi connectivity index (χ0) is 12.5. The van der Waals surface area contributed by atoms with Crippen LogP contribution in [-0.2, 0) is 10.0 Å². The highest BCUT2D eigenvalue weighted by molar-refractivity contribution is 7.92. The number of sulfonamides is 1.